The van der Waals surface area contributed by atoms with Crippen LogP contribution in [0.5, 0.6) is 5.75 Å². The smallest absolute Gasteiger partial charge is 0.279 e. The van der Waals surface area contributed by atoms with E-state index in [4.69, 9.17) is 0 Å². The van der Waals surface area contributed by atoms with Gasteiger partial charge in [-0.05, 0) is 19.1 Å². The van der Waals surface area contributed by atoms with Crippen LogP contribution in [0.4, 0.5) is 4.39 Å². The average Bonchev–Trinajstić information content (AvgIpc) is 2.61. The summed E-state index contributed by atoms with van der Waals surface area (Å²) in [5, 5.41) is 28.2. The molecule has 130 valence electrons. The first-order chi connectivity index (χ1) is 12.5. The number of hydrogen-bond donors (Lipinski definition) is 3. The van der Waals surface area contributed by atoms with Gasteiger partial charge < -0.3 is 15.2 Å². The van der Waals surface area contributed by atoms with Gasteiger partial charge in [-0.25, -0.2) is 9.37 Å². The third-order valence-electron chi connectivity index (χ3n) is 4.11. The summed E-state index contributed by atoms with van der Waals surface area (Å²) in [6.07, 6.45) is -0.978. The van der Waals surface area contributed by atoms with Gasteiger partial charge in [0, 0.05) is 10.9 Å². The van der Waals surface area contributed by atoms with Gasteiger partial charge in [0.25, 0.3) is 5.56 Å². The van der Waals surface area contributed by atoms with E-state index >= 15 is 0 Å². The second-order valence-corrected chi connectivity index (χ2v) is 5.86. The standard InChI is InChI=1S/C18H13FN4O3/c1-8(24)17-20-15-10-5-2-4-9(13-11(19)6-3-7-12(13)25)14(10)22-23-16(15)18(26)21-17/h2-8,24-25H,1H3,(H,20,21,26). The third kappa shape index (κ3) is 2.39. The van der Waals surface area contributed by atoms with Crippen molar-refractivity contribution in [1.29, 1.82) is 0 Å². The number of aromatic amines is 1. The van der Waals surface area contributed by atoms with Crippen molar-refractivity contribution in [3.8, 4) is 16.9 Å². The number of nitrogens with zero attached hydrogens (tertiary/aromatic N) is 3. The molecule has 8 heteroatoms. The summed E-state index contributed by atoms with van der Waals surface area (Å²) in [6.45, 7) is 1.48. The van der Waals surface area contributed by atoms with Gasteiger partial charge in [-0.3, -0.25) is 4.79 Å². The van der Waals surface area contributed by atoms with Crippen LogP contribution in [0.2, 0.25) is 0 Å². The molecule has 3 N–H and O–H groups in total. The molecular formula is C18H13FN4O3. The highest BCUT2D eigenvalue weighted by Gasteiger charge is 2.18. The number of aliphatic hydroxyl groups excluding tert-OH is 1. The van der Waals surface area contributed by atoms with E-state index in [2.05, 4.69) is 20.2 Å². The Kier molecular flexibility index (Phi) is 3.62. The molecule has 0 bridgehead atoms. The molecule has 0 saturated carbocycles. The van der Waals surface area contributed by atoms with E-state index in [0.717, 1.165) is 0 Å². The molecule has 0 spiro atoms. The molecule has 4 aromatic rings. The number of nitrogens with one attached hydrogen (secondary N) is 1. The first-order valence-electron chi connectivity index (χ1n) is 7.82. The van der Waals surface area contributed by atoms with Gasteiger partial charge in [-0.2, -0.15) is 0 Å². The second kappa shape index (κ2) is 5.85. The lowest BCUT2D eigenvalue weighted by atomic mass is 10.0. The number of H-pyrrole nitrogens is 1. The maximum Gasteiger partial charge on any atom is 0.279 e. The van der Waals surface area contributed by atoms with E-state index in [-0.39, 0.29) is 33.7 Å². The summed E-state index contributed by atoms with van der Waals surface area (Å²) in [5.41, 5.74) is 0.333. The molecular weight excluding hydrogens is 339 g/mol. The van der Waals surface area contributed by atoms with Gasteiger partial charge in [0.2, 0.25) is 0 Å². The summed E-state index contributed by atoms with van der Waals surface area (Å²) >= 11 is 0. The number of benzene rings is 2. The molecule has 2 aromatic carbocycles. The van der Waals surface area contributed by atoms with Crippen LogP contribution in [0.25, 0.3) is 33.1 Å². The minimum atomic E-state index is -0.978. The van der Waals surface area contributed by atoms with Crippen molar-refractivity contribution in [3.63, 3.8) is 0 Å². The molecule has 2 heterocycles. The number of rotatable bonds is 2. The van der Waals surface area contributed by atoms with Crippen LogP contribution in [-0.4, -0.2) is 30.4 Å². The van der Waals surface area contributed by atoms with E-state index < -0.39 is 17.5 Å². The Balaban J connectivity index is 2.13. The number of hydrogen-bond acceptors (Lipinski definition) is 6. The van der Waals surface area contributed by atoms with Crippen molar-refractivity contribution in [2.75, 3.05) is 0 Å². The van der Waals surface area contributed by atoms with Gasteiger partial charge in [0.05, 0.1) is 5.56 Å². The van der Waals surface area contributed by atoms with Crippen molar-refractivity contribution in [1.82, 2.24) is 20.2 Å². The molecule has 0 radical (unpaired) electrons. The van der Waals surface area contributed by atoms with Crippen molar-refractivity contribution in [2.45, 2.75) is 13.0 Å². The lowest BCUT2D eigenvalue weighted by Gasteiger charge is -2.10. The molecule has 0 aliphatic heterocycles. The molecule has 7 nitrogen and oxygen atoms in total. The highest BCUT2D eigenvalue weighted by Crippen LogP contribution is 2.36. The summed E-state index contributed by atoms with van der Waals surface area (Å²) in [6, 6.07) is 8.93. The molecule has 1 unspecified atom stereocenters. The van der Waals surface area contributed by atoms with E-state index in [1.807, 2.05) is 0 Å². The summed E-state index contributed by atoms with van der Waals surface area (Å²) in [7, 11) is 0. The summed E-state index contributed by atoms with van der Waals surface area (Å²) in [4.78, 5) is 18.9. The van der Waals surface area contributed by atoms with Crippen LogP contribution < -0.4 is 5.56 Å². The molecule has 0 saturated heterocycles. The highest BCUT2D eigenvalue weighted by atomic mass is 19.1. The Morgan fingerprint density at radius 3 is 2.54 bits per heavy atom. The van der Waals surface area contributed by atoms with Crippen LogP contribution >= 0.6 is 0 Å². The van der Waals surface area contributed by atoms with E-state index in [0.29, 0.717) is 10.9 Å². The first-order valence-corrected chi connectivity index (χ1v) is 7.82. The Labute approximate surface area is 145 Å². The minimum Gasteiger partial charge on any atom is -0.507 e. The Morgan fingerprint density at radius 1 is 1.08 bits per heavy atom. The van der Waals surface area contributed by atoms with Gasteiger partial charge in [0.15, 0.2) is 5.52 Å². The molecule has 0 fully saturated rings. The molecule has 0 aliphatic rings. The topological polar surface area (TPSA) is 112 Å². The quantitative estimate of drug-likeness (QED) is 0.478. The number of aliphatic hydroxyl groups is 1. The normalized spacial score (nSPS) is 12.6. The zero-order chi connectivity index (χ0) is 18.4. The van der Waals surface area contributed by atoms with E-state index in [1.54, 1.807) is 18.2 Å². The number of fused-ring (bicyclic) bond motifs is 3. The van der Waals surface area contributed by atoms with Crippen LogP contribution in [0.1, 0.15) is 18.9 Å². The van der Waals surface area contributed by atoms with Crippen molar-refractivity contribution >= 4 is 21.9 Å². The van der Waals surface area contributed by atoms with Gasteiger partial charge in [-0.15, -0.1) is 10.2 Å². The third-order valence-corrected chi connectivity index (χ3v) is 4.11. The van der Waals surface area contributed by atoms with Crippen molar-refractivity contribution in [3.05, 3.63) is 58.4 Å². The lowest BCUT2D eigenvalue weighted by Crippen LogP contribution is -2.15. The summed E-state index contributed by atoms with van der Waals surface area (Å²) < 4.78 is 14.3. The highest BCUT2D eigenvalue weighted by molar-refractivity contribution is 6.06. The van der Waals surface area contributed by atoms with Crippen LogP contribution in [0, 0.1) is 5.82 Å². The molecule has 2 aromatic heterocycles. The number of phenolic OH excluding ortho intramolecular Hbond substituents is 1. The average molecular weight is 352 g/mol. The minimum absolute atomic E-state index is 0.00709. The SMILES string of the molecule is CC(O)c1nc2c(nnc3c(-c4c(O)cccc4F)cccc32)c(=O)[nH]1. The predicted molar refractivity (Wildman–Crippen MR) is 93.2 cm³/mol. The maximum absolute atomic E-state index is 14.3. The fraction of sp³-hybridized carbons (Fsp3) is 0.111. The molecule has 0 amide bonds. The Bertz CT molecular complexity index is 1200. The number of phenols is 1. The zero-order valence-corrected chi connectivity index (χ0v) is 13.6. The summed E-state index contributed by atoms with van der Waals surface area (Å²) in [5.74, 6) is -0.748. The lowest BCUT2D eigenvalue weighted by molar-refractivity contribution is 0.189. The molecule has 0 aliphatic carbocycles. The maximum atomic E-state index is 14.3. The molecule has 26 heavy (non-hydrogen) atoms. The Hall–Kier alpha value is -3.39. The number of aromatic hydroxyl groups is 1. The van der Waals surface area contributed by atoms with Crippen LogP contribution in [0.15, 0.2) is 41.2 Å². The van der Waals surface area contributed by atoms with Gasteiger partial charge in [0.1, 0.15) is 34.5 Å². The fourth-order valence-corrected chi connectivity index (χ4v) is 2.89. The predicted octanol–water partition coefficient (Wildman–Crippen LogP) is 2.43. The van der Waals surface area contributed by atoms with E-state index in [1.165, 1.54) is 25.1 Å². The second-order valence-electron chi connectivity index (χ2n) is 5.86. The number of halogens is 1. The first kappa shape index (κ1) is 16.1. The molecule has 4 rings (SSSR count). The van der Waals surface area contributed by atoms with Gasteiger partial charge in [-0.1, -0.05) is 24.3 Å². The fourth-order valence-electron chi connectivity index (χ4n) is 2.89. The molecule has 1 atom stereocenters. The monoisotopic (exact) mass is 352 g/mol. The van der Waals surface area contributed by atoms with E-state index in [9.17, 15) is 19.4 Å². The van der Waals surface area contributed by atoms with Crippen molar-refractivity contribution < 1.29 is 14.6 Å². The Morgan fingerprint density at radius 2 is 1.81 bits per heavy atom. The van der Waals surface area contributed by atoms with Crippen molar-refractivity contribution in [2.24, 2.45) is 0 Å². The van der Waals surface area contributed by atoms with Gasteiger partial charge >= 0.3 is 0 Å². The zero-order valence-electron chi connectivity index (χ0n) is 13.6. The largest absolute Gasteiger partial charge is 0.507 e. The number of aromatic nitrogens is 4. The van der Waals surface area contributed by atoms with Crippen LogP contribution in [-0.2, 0) is 0 Å². The van der Waals surface area contributed by atoms with Crippen LogP contribution in [0.3, 0.4) is 0 Å².